The normalized spacial score (nSPS) is 16.3. The van der Waals surface area contributed by atoms with Crippen molar-refractivity contribution in [3.8, 4) is 33.4 Å². The lowest BCUT2D eigenvalue weighted by atomic mass is 9.85. The summed E-state index contributed by atoms with van der Waals surface area (Å²) in [7, 11) is 6.68. The van der Waals surface area contributed by atoms with Crippen LogP contribution in [0.1, 0.15) is 60.3 Å². The molecule has 0 fully saturated rings. The monoisotopic (exact) mass is 718 g/mol. The Morgan fingerprint density at radius 2 is 0.891 bits per heavy atom. The van der Waals surface area contributed by atoms with Crippen molar-refractivity contribution < 1.29 is 5.76 Å². The maximum Gasteiger partial charge on any atom is 0.0866 e. The van der Waals surface area contributed by atoms with E-state index in [2.05, 4.69) is 180 Å². The predicted octanol–water partition coefficient (Wildman–Crippen LogP) is 12.7. The van der Waals surface area contributed by atoms with Crippen LogP contribution in [0.3, 0.4) is 0 Å². The summed E-state index contributed by atoms with van der Waals surface area (Å²) in [5.74, 6) is 0.723. The first-order valence-corrected chi connectivity index (χ1v) is 19.4. The third-order valence-electron chi connectivity index (χ3n) is 12.5. The molecule has 3 nitrogen and oxygen atoms in total. The molecule has 3 unspecified atom stereocenters. The Morgan fingerprint density at radius 1 is 0.509 bits per heavy atom. The van der Waals surface area contributed by atoms with Crippen LogP contribution < -0.4 is 0 Å². The molecule has 3 atom stereocenters. The van der Waals surface area contributed by atoms with Gasteiger partial charge in [-0.1, -0.05) is 127 Å². The number of para-hydroxylation sites is 3. The van der Waals surface area contributed by atoms with Crippen LogP contribution in [0.25, 0.3) is 66.1 Å². The summed E-state index contributed by atoms with van der Waals surface area (Å²) in [6.07, 6.45) is 2.14. The lowest BCUT2D eigenvalue weighted by Gasteiger charge is -2.22. The van der Waals surface area contributed by atoms with E-state index in [0.29, 0.717) is 11.8 Å². The maximum absolute atomic E-state index is 10.7. The molecule has 0 aliphatic heterocycles. The van der Waals surface area contributed by atoms with Gasteiger partial charge in [0.25, 0.3) is 0 Å². The summed E-state index contributed by atoms with van der Waals surface area (Å²) in [5, 5.41) is 4.13. The highest BCUT2D eigenvalue weighted by Gasteiger charge is 2.40. The van der Waals surface area contributed by atoms with Gasteiger partial charge in [0.15, 0.2) is 0 Å². The highest BCUT2D eigenvalue weighted by Crippen LogP contribution is 2.57. The van der Waals surface area contributed by atoms with E-state index in [1.54, 1.807) is 0 Å². The summed E-state index contributed by atoms with van der Waals surface area (Å²) in [4.78, 5) is 0. The van der Waals surface area contributed by atoms with E-state index in [9.17, 15) is 4.39 Å². The number of hydrogen-bond acceptors (Lipinski definition) is 0. The molecule has 0 radical (unpaired) electrons. The fraction of sp³-hybridized carbons (Fsp3) is 0.176. The van der Waals surface area contributed by atoms with E-state index < -0.39 is 6.65 Å². The van der Waals surface area contributed by atoms with Crippen molar-refractivity contribution in [2.75, 3.05) is 6.65 Å². The van der Waals surface area contributed by atoms with Gasteiger partial charge in [-0.2, -0.15) is 0 Å². The lowest BCUT2D eigenvalue weighted by Crippen LogP contribution is -2.11. The Labute approximate surface area is 323 Å². The standard InChI is InChI=1S/C33H26N2.C16H13N.C2H5F/c1-34-28-17-9-7-15-24(28)30-22-13-5-3-11-20(22)26(32(30)34)19-27-21-12-4-6-14-23(21)31-25-16-8-10-18-29(25)35(2)33(27)31;1-17-14-9-5-4-8-13(14)16-12-7-3-2-6-11(12)10-15(16)17;1-2-3/h3-18,26-27H,19H2,1-2H3;2-9H,10H2,1H3;2H2,1H3/i;;2D. The average Bonchev–Trinajstić information content (AvgIpc) is 4.04. The molecular formula is C51H44FN3. The van der Waals surface area contributed by atoms with Crippen LogP contribution in [-0.4, -0.2) is 20.4 Å². The summed E-state index contributed by atoms with van der Waals surface area (Å²) in [6.45, 7) is -0.250. The molecule has 0 bridgehead atoms. The van der Waals surface area contributed by atoms with E-state index in [1.165, 1.54) is 107 Å². The van der Waals surface area contributed by atoms with Crippen LogP contribution in [0.5, 0.6) is 0 Å². The van der Waals surface area contributed by atoms with Gasteiger partial charge in [0.1, 0.15) is 0 Å². The van der Waals surface area contributed by atoms with Gasteiger partial charge in [-0.05, 0) is 64.9 Å². The van der Waals surface area contributed by atoms with Gasteiger partial charge in [-0.25, -0.2) is 0 Å². The van der Waals surface area contributed by atoms with Crippen LogP contribution in [-0.2, 0) is 27.6 Å². The van der Waals surface area contributed by atoms with Crippen LogP contribution >= 0.6 is 0 Å². The molecule has 0 saturated carbocycles. The second-order valence-corrected chi connectivity index (χ2v) is 15.1. The van der Waals surface area contributed by atoms with Crippen molar-refractivity contribution >= 4 is 32.7 Å². The second-order valence-electron chi connectivity index (χ2n) is 15.1. The number of aromatic nitrogens is 3. The molecule has 0 spiro atoms. The first kappa shape index (κ1) is 32.3. The highest BCUT2D eigenvalue weighted by molar-refractivity contribution is 6.04. The Bertz CT molecular complexity index is 2840. The smallest absolute Gasteiger partial charge is 0.0866 e. The predicted molar refractivity (Wildman–Crippen MR) is 228 cm³/mol. The van der Waals surface area contributed by atoms with Crippen molar-refractivity contribution in [1.82, 2.24) is 13.7 Å². The van der Waals surface area contributed by atoms with Crippen molar-refractivity contribution in [3.63, 3.8) is 0 Å². The van der Waals surface area contributed by atoms with Crippen molar-refractivity contribution in [2.24, 2.45) is 21.1 Å². The molecule has 9 aromatic rings. The van der Waals surface area contributed by atoms with Gasteiger partial charge in [0.05, 0.1) is 8.02 Å². The third kappa shape index (κ3) is 4.87. The Hall–Kier alpha value is -6.13. The molecule has 55 heavy (non-hydrogen) atoms. The number of alkyl halides is 1. The molecule has 0 amide bonds. The topological polar surface area (TPSA) is 14.8 Å². The second kappa shape index (κ2) is 13.0. The van der Waals surface area contributed by atoms with Gasteiger partial charge < -0.3 is 13.7 Å². The van der Waals surface area contributed by atoms with Crippen molar-refractivity contribution in [1.29, 1.82) is 0 Å². The minimum Gasteiger partial charge on any atom is -0.347 e. The number of nitrogens with zero attached hydrogens (tertiary/aromatic N) is 3. The van der Waals surface area contributed by atoms with Gasteiger partial charge >= 0.3 is 0 Å². The lowest BCUT2D eigenvalue weighted by molar-refractivity contribution is 0.527. The minimum absolute atomic E-state index is 0.362. The molecule has 270 valence electrons. The van der Waals surface area contributed by atoms with Gasteiger partial charge in [0.2, 0.25) is 0 Å². The number of halogens is 1. The summed E-state index contributed by atoms with van der Waals surface area (Å²) in [6, 6.07) is 53.4. The fourth-order valence-electron chi connectivity index (χ4n) is 10.3. The summed E-state index contributed by atoms with van der Waals surface area (Å²) >= 11 is 0. The van der Waals surface area contributed by atoms with E-state index in [-0.39, 0.29) is 0 Å². The van der Waals surface area contributed by atoms with E-state index in [1.807, 2.05) is 0 Å². The zero-order valence-corrected chi connectivity index (χ0v) is 31.7. The average molecular weight is 719 g/mol. The number of hydrogen-bond donors (Lipinski definition) is 0. The summed E-state index contributed by atoms with van der Waals surface area (Å²) in [5.41, 5.74) is 21.3. The maximum atomic E-state index is 10.7. The summed E-state index contributed by atoms with van der Waals surface area (Å²) < 4.78 is 23.8. The molecule has 12 rings (SSSR count). The van der Waals surface area contributed by atoms with E-state index in [4.69, 9.17) is 1.37 Å². The van der Waals surface area contributed by atoms with Crippen LogP contribution in [0.4, 0.5) is 4.39 Å². The van der Waals surface area contributed by atoms with Crippen LogP contribution in [0, 0.1) is 0 Å². The fourth-order valence-corrected chi connectivity index (χ4v) is 10.3. The zero-order valence-electron chi connectivity index (χ0n) is 32.7. The zero-order chi connectivity index (χ0) is 38.2. The molecule has 4 heteroatoms. The Morgan fingerprint density at radius 3 is 1.40 bits per heavy atom. The largest absolute Gasteiger partial charge is 0.347 e. The van der Waals surface area contributed by atoms with Crippen LogP contribution in [0.15, 0.2) is 146 Å². The molecule has 3 aliphatic carbocycles. The van der Waals surface area contributed by atoms with Gasteiger partial charge in [-0.3, -0.25) is 4.39 Å². The van der Waals surface area contributed by atoms with Crippen LogP contribution in [0.2, 0.25) is 0 Å². The molecule has 6 aromatic carbocycles. The Kier molecular flexibility index (Phi) is 7.65. The number of aryl methyl sites for hydroxylation is 3. The Balaban J connectivity index is 0.000000152. The van der Waals surface area contributed by atoms with E-state index in [0.717, 1.165) is 12.8 Å². The number of rotatable bonds is 2. The molecule has 0 N–H and O–H groups in total. The highest BCUT2D eigenvalue weighted by atomic mass is 19.1. The van der Waals surface area contributed by atoms with Gasteiger partial charge in [-0.15, -0.1) is 0 Å². The molecule has 0 saturated heterocycles. The van der Waals surface area contributed by atoms with Crippen molar-refractivity contribution in [2.45, 2.75) is 31.6 Å². The molecule has 3 heterocycles. The SMILES string of the molecule is Cn1c2c(c3ccccc31)-c1ccccc1C2.Cn1c2c(c3ccccc31)-c1ccccc1C2CC1c2ccccc2-c2c1n(C)c1ccccc21.[2H]C(C)F. The molecule has 3 aromatic heterocycles. The number of benzene rings is 6. The van der Waals surface area contributed by atoms with E-state index >= 15 is 0 Å². The molecular weight excluding hydrogens is 674 g/mol. The first-order chi connectivity index (χ1) is 27.3. The third-order valence-corrected chi connectivity index (χ3v) is 12.5. The molecule has 3 aliphatic rings. The minimum atomic E-state index is -1.42. The first-order valence-electron chi connectivity index (χ1n) is 19.9. The quantitative estimate of drug-likeness (QED) is 0.169. The number of fused-ring (bicyclic) bond motifs is 15. The van der Waals surface area contributed by atoms with Crippen molar-refractivity contribution in [3.05, 3.63) is 179 Å². The van der Waals surface area contributed by atoms with Gasteiger partial charge in [0, 0.05) is 106 Å².